The smallest absolute Gasteiger partial charge is 0.231 e. The highest BCUT2D eigenvalue weighted by Gasteiger charge is 2.37. The van der Waals surface area contributed by atoms with Crippen molar-refractivity contribution >= 4 is 21.7 Å². The van der Waals surface area contributed by atoms with Gasteiger partial charge in [-0.3, -0.25) is 9.69 Å². The minimum Gasteiger partial charge on any atom is -0.477 e. The Morgan fingerprint density at radius 2 is 2.03 bits per heavy atom. The molecule has 0 unspecified atom stereocenters. The van der Waals surface area contributed by atoms with Gasteiger partial charge in [0.05, 0.1) is 17.1 Å². The van der Waals surface area contributed by atoms with E-state index < -0.39 is 15.7 Å². The summed E-state index contributed by atoms with van der Waals surface area (Å²) in [5.74, 6) is 0.746. The highest BCUT2D eigenvalue weighted by atomic mass is 32.2. The van der Waals surface area contributed by atoms with Crippen molar-refractivity contribution in [1.29, 1.82) is 0 Å². The molecule has 156 valence electrons. The molecule has 30 heavy (non-hydrogen) atoms. The van der Waals surface area contributed by atoms with Crippen LogP contribution in [0.1, 0.15) is 33.5 Å². The number of carbonyl (C=O) groups excluding carboxylic acids is 1. The average molecular weight is 429 g/mol. The van der Waals surface area contributed by atoms with E-state index in [1.807, 2.05) is 11.8 Å². The van der Waals surface area contributed by atoms with Crippen molar-refractivity contribution in [3.63, 3.8) is 0 Å². The number of sulfone groups is 1. The maximum atomic E-state index is 14.0. The van der Waals surface area contributed by atoms with Gasteiger partial charge < -0.3 is 9.47 Å². The van der Waals surface area contributed by atoms with Gasteiger partial charge in [-0.2, -0.15) is 0 Å². The van der Waals surface area contributed by atoms with Gasteiger partial charge in [-0.05, 0) is 31.6 Å². The molecular formula is C22H20FNO5S. The van der Waals surface area contributed by atoms with Crippen LogP contribution in [-0.2, 0) is 16.4 Å². The molecule has 0 radical (unpaired) electrons. The summed E-state index contributed by atoms with van der Waals surface area (Å²) in [7, 11) is -3.00. The standard InChI is InChI=1S/C22H20FNO5S/c1-13-21-15(10-24(12-28-21)16-6-7-30(26,27)11-16)8-17-20(25)19(29-22(13)17)9-14-4-2-3-5-18(14)23/h2-5,8-9,16H,6-7,10-12H2,1H3/b19-9-/t16-/m1/s1. The van der Waals surface area contributed by atoms with Crippen molar-refractivity contribution < 1.29 is 27.1 Å². The van der Waals surface area contributed by atoms with Gasteiger partial charge in [-0.1, -0.05) is 18.2 Å². The van der Waals surface area contributed by atoms with E-state index in [-0.39, 0.29) is 34.7 Å². The van der Waals surface area contributed by atoms with Gasteiger partial charge in [0.1, 0.15) is 24.0 Å². The summed E-state index contributed by atoms with van der Waals surface area (Å²) in [5, 5.41) is 0. The van der Waals surface area contributed by atoms with Crippen LogP contribution in [0.5, 0.6) is 11.5 Å². The van der Waals surface area contributed by atoms with E-state index in [9.17, 15) is 17.6 Å². The molecule has 3 heterocycles. The van der Waals surface area contributed by atoms with Crippen LogP contribution < -0.4 is 9.47 Å². The molecule has 2 aromatic carbocycles. The Hall–Kier alpha value is -2.71. The van der Waals surface area contributed by atoms with E-state index in [2.05, 4.69) is 0 Å². The van der Waals surface area contributed by atoms with E-state index in [1.54, 1.807) is 24.3 Å². The molecule has 0 saturated carbocycles. The van der Waals surface area contributed by atoms with Gasteiger partial charge in [0, 0.05) is 29.3 Å². The van der Waals surface area contributed by atoms with Crippen LogP contribution in [0.3, 0.4) is 0 Å². The van der Waals surface area contributed by atoms with Crippen molar-refractivity contribution in [2.75, 3.05) is 18.2 Å². The van der Waals surface area contributed by atoms with E-state index in [1.165, 1.54) is 12.1 Å². The number of hydrogen-bond donors (Lipinski definition) is 0. The number of halogens is 1. The predicted octanol–water partition coefficient (Wildman–Crippen LogP) is 3.09. The second kappa shape index (κ2) is 6.92. The summed E-state index contributed by atoms with van der Waals surface area (Å²) in [5.41, 5.74) is 2.23. The first kappa shape index (κ1) is 19.3. The quantitative estimate of drug-likeness (QED) is 0.684. The number of rotatable bonds is 2. The molecule has 6 nitrogen and oxygen atoms in total. The number of hydrogen-bond acceptors (Lipinski definition) is 6. The number of fused-ring (bicyclic) bond motifs is 2. The Labute approximate surface area is 173 Å². The molecule has 2 aromatic rings. The Morgan fingerprint density at radius 3 is 2.77 bits per heavy atom. The SMILES string of the molecule is Cc1c2c(cc3c1O/C(=C\c1ccccc1F)C3=O)CN([C@@H]1CCS(=O)(=O)C1)CO2. The number of benzene rings is 2. The first-order chi connectivity index (χ1) is 14.3. The van der Waals surface area contributed by atoms with Gasteiger partial charge in [0.2, 0.25) is 5.78 Å². The molecule has 5 rings (SSSR count). The monoisotopic (exact) mass is 429 g/mol. The molecule has 0 N–H and O–H groups in total. The summed E-state index contributed by atoms with van der Waals surface area (Å²) >= 11 is 0. The zero-order valence-electron chi connectivity index (χ0n) is 16.4. The van der Waals surface area contributed by atoms with Crippen molar-refractivity contribution in [2.45, 2.75) is 25.9 Å². The summed E-state index contributed by atoms with van der Waals surface area (Å²) < 4.78 is 49.4. The van der Waals surface area contributed by atoms with E-state index in [0.717, 1.165) is 5.56 Å². The van der Waals surface area contributed by atoms with Crippen LogP contribution in [0.2, 0.25) is 0 Å². The molecule has 1 saturated heterocycles. The largest absolute Gasteiger partial charge is 0.477 e. The molecule has 0 aromatic heterocycles. The third-order valence-corrected chi connectivity index (χ3v) is 7.63. The second-order valence-corrected chi connectivity index (χ2v) is 10.1. The number of Topliss-reactive ketones (excluding diaryl/α,β-unsaturated/α-hetero) is 1. The number of carbonyl (C=O) groups is 1. The third-order valence-electron chi connectivity index (χ3n) is 5.88. The van der Waals surface area contributed by atoms with Gasteiger partial charge in [0.25, 0.3) is 0 Å². The molecule has 0 bridgehead atoms. The topological polar surface area (TPSA) is 72.9 Å². The molecular weight excluding hydrogens is 409 g/mol. The first-order valence-corrected chi connectivity index (χ1v) is 11.6. The minimum atomic E-state index is -3.00. The number of nitrogens with zero attached hydrogens (tertiary/aromatic N) is 1. The van der Waals surface area contributed by atoms with Crippen molar-refractivity contribution in [3.05, 3.63) is 64.2 Å². The fourth-order valence-corrected chi connectivity index (χ4v) is 6.06. The van der Waals surface area contributed by atoms with Gasteiger partial charge >= 0.3 is 0 Å². The molecule has 3 aliphatic heterocycles. The lowest BCUT2D eigenvalue weighted by atomic mass is 9.99. The second-order valence-electron chi connectivity index (χ2n) is 7.90. The molecule has 0 aliphatic carbocycles. The summed E-state index contributed by atoms with van der Waals surface area (Å²) in [6, 6.07) is 7.85. The van der Waals surface area contributed by atoms with Crippen molar-refractivity contribution in [3.8, 4) is 11.5 Å². The van der Waals surface area contributed by atoms with Crippen molar-refractivity contribution in [2.24, 2.45) is 0 Å². The Bertz CT molecular complexity index is 1200. The maximum absolute atomic E-state index is 14.0. The molecule has 0 spiro atoms. The highest BCUT2D eigenvalue weighted by molar-refractivity contribution is 7.91. The fourth-order valence-electron chi connectivity index (χ4n) is 4.30. The molecule has 3 aliphatic rings. The normalized spacial score (nSPS) is 23.7. The van der Waals surface area contributed by atoms with Gasteiger partial charge in [-0.15, -0.1) is 0 Å². The zero-order chi connectivity index (χ0) is 21.0. The Balaban J connectivity index is 1.46. The molecule has 1 fully saturated rings. The van der Waals surface area contributed by atoms with Crippen LogP contribution in [0, 0.1) is 12.7 Å². The summed E-state index contributed by atoms with van der Waals surface area (Å²) in [6.07, 6.45) is 2.00. The minimum absolute atomic E-state index is 0.0688. The van der Waals surface area contributed by atoms with Crippen LogP contribution in [0.25, 0.3) is 6.08 Å². The average Bonchev–Trinajstić information content (AvgIpc) is 3.23. The lowest BCUT2D eigenvalue weighted by Gasteiger charge is -2.33. The Kier molecular flexibility index (Phi) is 4.44. The summed E-state index contributed by atoms with van der Waals surface area (Å²) in [6.45, 7) is 2.62. The maximum Gasteiger partial charge on any atom is 0.231 e. The highest BCUT2D eigenvalue weighted by Crippen LogP contribution is 2.43. The predicted molar refractivity (Wildman–Crippen MR) is 109 cm³/mol. The number of ketones is 1. The van der Waals surface area contributed by atoms with E-state index in [4.69, 9.17) is 9.47 Å². The van der Waals surface area contributed by atoms with Crippen LogP contribution in [0.4, 0.5) is 4.39 Å². The van der Waals surface area contributed by atoms with Gasteiger partial charge in [-0.25, -0.2) is 12.8 Å². The Morgan fingerprint density at radius 1 is 1.23 bits per heavy atom. The fraction of sp³-hybridized carbons (Fsp3) is 0.318. The summed E-state index contributed by atoms with van der Waals surface area (Å²) in [4.78, 5) is 14.9. The van der Waals surface area contributed by atoms with Crippen molar-refractivity contribution in [1.82, 2.24) is 4.90 Å². The zero-order valence-corrected chi connectivity index (χ0v) is 17.2. The third kappa shape index (κ3) is 3.20. The molecule has 1 atom stereocenters. The lowest BCUT2D eigenvalue weighted by molar-refractivity contribution is 0.0637. The number of allylic oxidation sites excluding steroid dienone is 1. The van der Waals surface area contributed by atoms with E-state index >= 15 is 0 Å². The van der Waals surface area contributed by atoms with Crippen LogP contribution >= 0.6 is 0 Å². The molecule has 0 amide bonds. The van der Waals surface area contributed by atoms with Crippen LogP contribution in [0.15, 0.2) is 36.1 Å². The number of ether oxygens (including phenoxy) is 2. The first-order valence-electron chi connectivity index (χ1n) is 9.75. The van der Waals surface area contributed by atoms with Gasteiger partial charge in [0.15, 0.2) is 15.6 Å². The van der Waals surface area contributed by atoms with Crippen LogP contribution in [-0.4, -0.2) is 43.4 Å². The van der Waals surface area contributed by atoms with E-state index in [0.29, 0.717) is 42.3 Å². The lowest BCUT2D eigenvalue weighted by Crippen LogP contribution is -2.41. The molecule has 8 heteroatoms.